The fraction of sp³-hybridized carbons (Fsp3) is 0. The highest BCUT2D eigenvalue weighted by atomic mass is 15.0. The summed E-state index contributed by atoms with van der Waals surface area (Å²) >= 11 is 0. The second kappa shape index (κ2) is 15.8. The van der Waals surface area contributed by atoms with Gasteiger partial charge in [-0.3, -0.25) is 0 Å². The number of fused-ring (bicyclic) bond motifs is 1. The van der Waals surface area contributed by atoms with Crippen molar-refractivity contribution >= 4 is 10.8 Å². The van der Waals surface area contributed by atoms with E-state index in [1.807, 2.05) is 170 Å². The largest absolute Gasteiger partial charge is 0.208 e. The summed E-state index contributed by atoms with van der Waals surface area (Å²) in [4.78, 5) is 29.9. The van der Waals surface area contributed by atoms with E-state index in [9.17, 15) is 5.26 Å². The van der Waals surface area contributed by atoms with Crippen LogP contribution in [0.25, 0.3) is 101 Å². The van der Waals surface area contributed by atoms with E-state index in [-0.39, 0.29) is 0 Å². The van der Waals surface area contributed by atoms with Gasteiger partial charge in [-0.05, 0) is 33.7 Å². The Labute approximate surface area is 347 Å². The van der Waals surface area contributed by atoms with E-state index in [2.05, 4.69) is 36.4 Å². The van der Waals surface area contributed by atoms with Gasteiger partial charge in [0.15, 0.2) is 34.9 Å². The molecule has 0 amide bonds. The van der Waals surface area contributed by atoms with Gasteiger partial charge in [-0.1, -0.05) is 194 Å². The Balaban J connectivity index is 1.15. The Bertz CT molecular complexity index is 3070. The molecule has 7 heteroatoms. The summed E-state index contributed by atoms with van der Waals surface area (Å²) in [5.41, 5.74) is 9.59. The summed E-state index contributed by atoms with van der Waals surface area (Å²) in [7, 11) is 0. The molecule has 7 nitrogen and oxygen atoms in total. The molecule has 0 N–H and O–H groups in total. The van der Waals surface area contributed by atoms with E-state index in [4.69, 9.17) is 29.9 Å². The predicted molar refractivity (Wildman–Crippen MR) is 239 cm³/mol. The van der Waals surface area contributed by atoms with E-state index >= 15 is 0 Å². The summed E-state index contributed by atoms with van der Waals surface area (Å²) in [6.45, 7) is 0. The summed E-state index contributed by atoms with van der Waals surface area (Å²) in [5, 5.41) is 12.3. The van der Waals surface area contributed by atoms with E-state index in [1.54, 1.807) is 0 Å². The highest BCUT2D eigenvalue weighted by molar-refractivity contribution is 6.09. The number of hydrogen-bond acceptors (Lipinski definition) is 7. The van der Waals surface area contributed by atoms with Crippen molar-refractivity contribution in [2.45, 2.75) is 0 Å². The van der Waals surface area contributed by atoms with Crippen LogP contribution in [0.3, 0.4) is 0 Å². The van der Waals surface area contributed by atoms with Gasteiger partial charge in [0.05, 0.1) is 11.6 Å². The molecule has 0 bridgehead atoms. The van der Waals surface area contributed by atoms with Crippen LogP contribution in [0.2, 0.25) is 0 Å². The first kappa shape index (κ1) is 35.9. The highest BCUT2D eigenvalue weighted by Crippen LogP contribution is 2.44. The van der Waals surface area contributed by atoms with Crippen LogP contribution in [-0.4, -0.2) is 29.9 Å². The monoisotopic (exact) mass is 767 g/mol. The van der Waals surface area contributed by atoms with E-state index < -0.39 is 0 Å². The lowest BCUT2D eigenvalue weighted by Gasteiger charge is -2.18. The molecular formula is C53H33N7. The van der Waals surface area contributed by atoms with Crippen molar-refractivity contribution in [3.63, 3.8) is 0 Å². The number of nitrogens with zero attached hydrogens (tertiary/aromatic N) is 7. The number of aromatic nitrogens is 6. The van der Waals surface area contributed by atoms with Crippen LogP contribution in [0.4, 0.5) is 0 Å². The van der Waals surface area contributed by atoms with Crippen LogP contribution < -0.4 is 0 Å². The Morgan fingerprint density at radius 1 is 0.283 bits per heavy atom. The van der Waals surface area contributed by atoms with Crippen LogP contribution in [-0.2, 0) is 0 Å². The van der Waals surface area contributed by atoms with Crippen molar-refractivity contribution in [2.24, 2.45) is 0 Å². The lowest BCUT2D eigenvalue weighted by atomic mass is 9.85. The summed E-state index contributed by atoms with van der Waals surface area (Å²) in [6, 6.07) is 68.8. The van der Waals surface area contributed by atoms with Crippen molar-refractivity contribution in [1.29, 1.82) is 5.26 Å². The number of benzene rings is 8. The van der Waals surface area contributed by atoms with Crippen LogP contribution >= 0.6 is 0 Å². The molecule has 0 unspecified atom stereocenters. The van der Waals surface area contributed by atoms with Crippen molar-refractivity contribution in [2.75, 3.05) is 0 Å². The first-order valence-electron chi connectivity index (χ1n) is 19.6. The van der Waals surface area contributed by atoms with Crippen LogP contribution in [0.15, 0.2) is 200 Å². The zero-order valence-corrected chi connectivity index (χ0v) is 32.2. The normalized spacial score (nSPS) is 11.0. The molecule has 0 aliphatic rings. The minimum Gasteiger partial charge on any atom is -0.208 e. The van der Waals surface area contributed by atoms with Crippen molar-refractivity contribution in [3.8, 4) is 96.7 Å². The van der Waals surface area contributed by atoms with Gasteiger partial charge in [0.1, 0.15) is 0 Å². The fourth-order valence-corrected chi connectivity index (χ4v) is 7.55. The van der Waals surface area contributed by atoms with Gasteiger partial charge in [-0.25, -0.2) is 29.9 Å². The maximum absolute atomic E-state index is 10.5. The molecule has 0 fully saturated rings. The molecule has 0 spiro atoms. The Morgan fingerprint density at radius 3 is 1.05 bits per heavy atom. The number of nitriles is 1. The summed E-state index contributed by atoms with van der Waals surface area (Å²) < 4.78 is 0. The third-order valence-corrected chi connectivity index (χ3v) is 10.5. The molecule has 2 aromatic heterocycles. The lowest BCUT2D eigenvalue weighted by molar-refractivity contribution is 1.07. The molecular weight excluding hydrogens is 735 g/mol. The lowest BCUT2D eigenvalue weighted by Crippen LogP contribution is -2.01. The molecule has 0 aliphatic heterocycles. The molecule has 0 saturated carbocycles. The average Bonchev–Trinajstić information content (AvgIpc) is 3.34. The molecule has 0 atom stereocenters. The zero-order chi connectivity index (χ0) is 40.3. The number of rotatable bonds is 8. The maximum Gasteiger partial charge on any atom is 0.164 e. The SMILES string of the molecule is N#Cc1cc(-c2ccc(-c3nc(-c4ccccc4)nc(-c4ccccc4)n3)cc2)c(-c2ccccc2-c2nc(-c3ccccc3)nc(-c3ccccc3)n2)c2ccccc12. The fourth-order valence-electron chi connectivity index (χ4n) is 7.55. The van der Waals surface area contributed by atoms with Gasteiger partial charge in [0.2, 0.25) is 0 Å². The molecule has 2 heterocycles. The minimum atomic E-state index is 0.548. The third kappa shape index (κ3) is 6.95. The molecule has 280 valence electrons. The summed E-state index contributed by atoms with van der Waals surface area (Å²) in [5.74, 6) is 3.47. The van der Waals surface area contributed by atoms with Gasteiger partial charge in [-0.2, -0.15) is 5.26 Å². The standard InChI is InChI=1S/C53H33N7/c54-34-41-33-46(35-29-31-40(32-30-35)52-56-48(36-17-5-1-6-18-36)55-49(57-52)37-19-7-2-8-20-37)47(43-26-14-13-25-42(41)43)44-27-15-16-28-45(44)53-59-50(38-21-9-3-10-22-38)58-51(60-53)39-23-11-4-12-24-39/h1-33H. The quantitative estimate of drug-likeness (QED) is 0.152. The smallest absolute Gasteiger partial charge is 0.164 e. The Hall–Kier alpha value is -8.47. The Morgan fingerprint density at radius 2 is 0.617 bits per heavy atom. The van der Waals surface area contributed by atoms with E-state index in [0.717, 1.165) is 66.4 Å². The molecule has 10 aromatic rings. The Kier molecular flexibility index (Phi) is 9.47. The third-order valence-electron chi connectivity index (χ3n) is 10.5. The van der Waals surface area contributed by atoms with Gasteiger partial charge in [0.25, 0.3) is 0 Å². The minimum absolute atomic E-state index is 0.548. The van der Waals surface area contributed by atoms with E-state index in [1.165, 1.54) is 0 Å². The predicted octanol–water partition coefficient (Wildman–Crippen LogP) is 12.4. The van der Waals surface area contributed by atoms with Gasteiger partial charge >= 0.3 is 0 Å². The van der Waals surface area contributed by atoms with Crippen LogP contribution in [0, 0.1) is 11.3 Å². The van der Waals surface area contributed by atoms with E-state index in [0.29, 0.717) is 40.5 Å². The van der Waals surface area contributed by atoms with Gasteiger partial charge in [-0.15, -0.1) is 0 Å². The summed E-state index contributed by atoms with van der Waals surface area (Å²) in [6.07, 6.45) is 0. The number of hydrogen-bond donors (Lipinski definition) is 0. The highest BCUT2D eigenvalue weighted by Gasteiger charge is 2.21. The van der Waals surface area contributed by atoms with Crippen LogP contribution in [0.1, 0.15) is 5.56 Å². The second-order valence-electron chi connectivity index (χ2n) is 14.2. The topological polar surface area (TPSA) is 101 Å². The van der Waals surface area contributed by atoms with Gasteiger partial charge < -0.3 is 0 Å². The van der Waals surface area contributed by atoms with Crippen molar-refractivity contribution in [3.05, 3.63) is 206 Å². The average molecular weight is 768 g/mol. The molecule has 0 radical (unpaired) electrons. The molecule has 60 heavy (non-hydrogen) atoms. The van der Waals surface area contributed by atoms with Gasteiger partial charge in [0, 0.05) is 38.8 Å². The molecule has 0 saturated heterocycles. The molecule has 10 rings (SSSR count). The first-order valence-corrected chi connectivity index (χ1v) is 19.6. The maximum atomic E-state index is 10.5. The van der Waals surface area contributed by atoms with Crippen molar-refractivity contribution < 1.29 is 0 Å². The van der Waals surface area contributed by atoms with Crippen molar-refractivity contribution in [1.82, 2.24) is 29.9 Å². The van der Waals surface area contributed by atoms with Crippen LogP contribution in [0.5, 0.6) is 0 Å². The first-order chi connectivity index (χ1) is 29.7. The zero-order valence-electron chi connectivity index (χ0n) is 32.2. The molecule has 0 aliphatic carbocycles. The molecule has 8 aromatic carbocycles. The second-order valence-corrected chi connectivity index (χ2v) is 14.2.